The van der Waals surface area contributed by atoms with E-state index in [4.69, 9.17) is 4.74 Å². The molecule has 2 N–H and O–H groups in total. The predicted octanol–water partition coefficient (Wildman–Crippen LogP) is 2.55. The molecule has 2 aromatic rings. The smallest absolute Gasteiger partial charge is 0.220 e. The Bertz CT molecular complexity index is 747. The van der Waals surface area contributed by atoms with Crippen LogP contribution in [0.1, 0.15) is 34.1 Å². The van der Waals surface area contributed by atoms with E-state index in [9.17, 15) is 4.79 Å². The molecule has 0 unspecified atom stereocenters. The van der Waals surface area contributed by atoms with Gasteiger partial charge in [-0.3, -0.25) is 4.79 Å². The number of ether oxygens (including phenoxy) is 1. The molecule has 0 spiro atoms. The zero-order valence-electron chi connectivity index (χ0n) is 16.8. The van der Waals surface area contributed by atoms with Crippen molar-refractivity contribution in [3.05, 3.63) is 6.20 Å². The van der Waals surface area contributed by atoms with Crippen LogP contribution in [0.3, 0.4) is 0 Å². The minimum Gasteiger partial charge on any atom is -0.383 e. The fraction of sp³-hybridized carbons (Fsp3) is 0.667. The normalized spacial score (nSPS) is 11.5. The van der Waals surface area contributed by atoms with Crippen LogP contribution in [0.4, 0.5) is 5.82 Å². The maximum Gasteiger partial charge on any atom is 0.220 e. The van der Waals surface area contributed by atoms with Gasteiger partial charge in [0.05, 0.1) is 24.7 Å². The Morgan fingerprint density at radius 3 is 2.70 bits per heavy atom. The lowest BCUT2D eigenvalue weighted by atomic mass is 10.1. The van der Waals surface area contributed by atoms with Crippen LogP contribution >= 0.6 is 11.8 Å². The SMILES string of the molecule is COCCNc1nc(SC(C)C)nc2c1cnn2CCNC(=O)CC(C)C. The molecule has 2 rings (SSSR count). The summed E-state index contributed by atoms with van der Waals surface area (Å²) in [5.74, 6) is 1.17. The second kappa shape index (κ2) is 10.5. The molecule has 8 nitrogen and oxygen atoms in total. The summed E-state index contributed by atoms with van der Waals surface area (Å²) in [6.07, 6.45) is 2.30. The van der Waals surface area contributed by atoms with E-state index in [1.807, 2.05) is 18.5 Å². The van der Waals surface area contributed by atoms with Crippen molar-refractivity contribution >= 4 is 34.5 Å². The highest BCUT2D eigenvalue weighted by Crippen LogP contribution is 2.26. The van der Waals surface area contributed by atoms with Gasteiger partial charge in [0.1, 0.15) is 5.82 Å². The molecule has 9 heteroatoms. The molecular formula is C18H30N6O2S. The van der Waals surface area contributed by atoms with E-state index >= 15 is 0 Å². The van der Waals surface area contributed by atoms with Crippen LogP contribution in [0.15, 0.2) is 11.4 Å². The highest BCUT2D eigenvalue weighted by Gasteiger charge is 2.14. The number of aromatic nitrogens is 4. The second-order valence-electron chi connectivity index (χ2n) is 6.99. The zero-order valence-corrected chi connectivity index (χ0v) is 17.6. The highest BCUT2D eigenvalue weighted by atomic mass is 32.2. The molecule has 0 aromatic carbocycles. The van der Waals surface area contributed by atoms with Crippen molar-refractivity contribution in [1.82, 2.24) is 25.1 Å². The zero-order chi connectivity index (χ0) is 19.8. The van der Waals surface area contributed by atoms with Gasteiger partial charge in [0.25, 0.3) is 0 Å². The van der Waals surface area contributed by atoms with Crippen molar-refractivity contribution in [3.8, 4) is 0 Å². The van der Waals surface area contributed by atoms with E-state index in [0.717, 1.165) is 16.9 Å². The highest BCUT2D eigenvalue weighted by molar-refractivity contribution is 7.99. The minimum absolute atomic E-state index is 0.0639. The van der Waals surface area contributed by atoms with E-state index in [1.165, 1.54) is 0 Å². The van der Waals surface area contributed by atoms with Gasteiger partial charge in [-0.15, -0.1) is 0 Å². The Balaban J connectivity index is 2.16. The average molecular weight is 395 g/mol. The maximum absolute atomic E-state index is 11.8. The Morgan fingerprint density at radius 1 is 1.26 bits per heavy atom. The van der Waals surface area contributed by atoms with E-state index in [-0.39, 0.29) is 5.91 Å². The van der Waals surface area contributed by atoms with Crippen LogP contribution in [0.25, 0.3) is 11.0 Å². The third kappa shape index (κ3) is 6.66. The number of nitrogens with zero attached hydrogens (tertiary/aromatic N) is 4. The summed E-state index contributed by atoms with van der Waals surface area (Å²) in [6, 6.07) is 0. The number of hydrogen-bond donors (Lipinski definition) is 2. The van der Waals surface area contributed by atoms with Crippen molar-refractivity contribution < 1.29 is 9.53 Å². The van der Waals surface area contributed by atoms with Gasteiger partial charge in [-0.1, -0.05) is 39.5 Å². The fourth-order valence-electron chi connectivity index (χ4n) is 2.51. The molecule has 2 heterocycles. The first-order chi connectivity index (χ1) is 12.9. The Hall–Kier alpha value is -1.87. The van der Waals surface area contributed by atoms with Gasteiger partial charge < -0.3 is 15.4 Å². The summed E-state index contributed by atoms with van der Waals surface area (Å²) in [4.78, 5) is 21.1. The third-order valence-corrected chi connectivity index (χ3v) is 4.52. The number of methoxy groups -OCH3 is 1. The topological polar surface area (TPSA) is 94.0 Å². The molecule has 0 bridgehead atoms. The van der Waals surface area contributed by atoms with Gasteiger partial charge >= 0.3 is 0 Å². The molecule has 27 heavy (non-hydrogen) atoms. The van der Waals surface area contributed by atoms with E-state index in [2.05, 4.69) is 39.5 Å². The Kier molecular flexibility index (Phi) is 8.30. The molecule has 0 aliphatic heterocycles. The number of rotatable bonds is 11. The molecule has 0 saturated heterocycles. The second-order valence-corrected chi connectivity index (χ2v) is 8.54. The first kappa shape index (κ1) is 21.4. The summed E-state index contributed by atoms with van der Waals surface area (Å²) in [5.41, 5.74) is 0.770. The molecular weight excluding hydrogens is 364 g/mol. The maximum atomic E-state index is 11.8. The summed E-state index contributed by atoms with van der Waals surface area (Å²) in [5, 5.41) is 12.6. The van der Waals surface area contributed by atoms with Crippen LogP contribution in [-0.4, -0.2) is 57.7 Å². The molecule has 1 amide bonds. The fourth-order valence-corrected chi connectivity index (χ4v) is 3.22. The summed E-state index contributed by atoms with van der Waals surface area (Å²) < 4.78 is 6.92. The van der Waals surface area contributed by atoms with Crippen molar-refractivity contribution in [3.63, 3.8) is 0 Å². The lowest BCUT2D eigenvalue weighted by molar-refractivity contribution is -0.121. The Labute approximate surface area is 164 Å². The van der Waals surface area contributed by atoms with Crippen LogP contribution in [-0.2, 0) is 16.1 Å². The third-order valence-electron chi connectivity index (χ3n) is 3.65. The van der Waals surface area contributed by atoms with Gasteiger partial charge in [-0.05, 0) is 5.92 Å². The number of fused-ring (bicyclic) bond motifs is 1. The molecule has 0 saturated carbocycles. The van der Waals surface area contributed by atoms with E-state index in [0.29, 0.717) is 49.0 Å². The van der Waals surface area contributed by atoms with Gasteiger partial charge in [0.2, 0.25) is 5.91 Å². The van der Waals surface area contributed by atoms with Gasteiger partial charge in [0, 0.05) is 31.9 Å². The van der Waals surface area contributed by atoms with Crippen LogP contribution in [0.5, 0.6) is 0 Å². The summed E-state index contributed by atoms with van der Waals surface area (Å²) in [6.45, 7) is 10.6. The first-order valence-electron chi connectivity index (χ1n) is 9.30. The van der Waals surface area contributed by atoms with Crippen molar-refractivity contribution in [1.29, 1.82) is 0 Å². The number of carbonyl (C=O) groups excluding carboxylic acids is 1. The summed E-state index contributed by atoms with van der Waals surface area (Å²) in [7, 11) is 1.67. The predicted molar refractivity (Wildman–Crippen MR) is 109 cm³/mol. The van der Waals surface area contributed by atoms with Crippen LogP contribution in [0, 0.1) is 5.92 Å². The number of hydrogen-bond acceptors (Lipinski definition) is 7. The number of thioether (sulfide) groups is 1. The molecule has 0 fully saturated rings. The molecule has 0 atom stereocenters. The largest absolute Gasteiger partial charge is 0.383 e. The van der Waals surface area contributed by atoms with E-state index in [1.54, 1.807) is 25.1 Å². The number of amides is 1. The molecule has 0 radical (unpaired) electrons. The molecule has 0 aliphatic carbocycles. The molecule has 2 aromatic heterocycles. The standard InChI is InChI=1S/C18H30N6O2S/c1-12(2)10-15(25)19-6-8-24-17-14(11-21-24)16(20-7-9-26-5)22-18(23-17)27-13(3)4/h11-13H,6-10H2,1-5H3,(H,19,25)(H,20,22,23). The average Bonchev–Trinajstić information content (AvgIpc) is 2.97. The van der Waals surface area contributed by atoms with Gasteiger partial charge in [-0.2, -0.15) is 5.10 Å². The van der Waals surface area contributed by atoms with E-state index < -0.39 is 0 Å². The van der Waals surface area contributed by atoms with Crippen molar-refractivity contribution in [2.75, 3.05) is 32.1 Å². The van der Waals surface area contributed by atoms with Gasteiger partial charge in [0.15, 0.2) is 10.8 Å². The number of carbonyl (C=O) groups is 1. The van der Waals surface area contributed by atoms with Crippen molar-refractivity contribution in [2.24, 2.45) is 5.92 Å². The number of anilines is 1. The molecule has 0 aliphatic rings. The Morgan fingerprint density at radius 2 is 2.04 bits per heavy atom. The van der Waals surface area contributed by atoms with Gasteiger partial charge in [-0.25, -0.2) is 14.6 Å². The minimum atomic E-state index is 0.0639. The van der Waals surface area contributed by atoms with Crippen LogP contribution < -0.4 is 10.6 Å². The monoisotopic (exact) mass is 394 g/mol. The molecule has 150 valence electrons. The van der Waals surface area contributed by atoms with Crippen molar-refractivity contribution in [2.45, 2.75) is 51.1 Å². The van der Waals surface area contributed by atoms with Crippen LogP contribution in [0.2, 0.25) is 0 Å². The lowest BCUT2D eigenvalue weighted by Crippen LogP contribution is -2.28. The first-order valence-corrected chi connectivity index (χ1v) is 10.2. The quantitative estimate of drug-likeness (QED) is 0.344. The number of nitrogens with one attached hydrogen (secondary N) is 2. The lowest BCUT2D eigenvalue weighted by Gasteiger charge is -2.11. The summed E-state index contributed by atoms with van der Waals surface area (Å²) >= 11 is 1.61.